The first-order valence-corrected chi connectivity index (χ1v) is 7.41. The summed E-state index contributed by atoms with van der Waals surface area (Å²) in [5.74, 6) is -0.0200. The van der Waals surface area contributed by atoms with Crippen LogP contribution < -0.4 is 0 Å². The summed E-state index contributed by atoms with van der Waals surface area (Å²) >= 11 is 0. The third kappa shape index (κ3) is 2.86. The average molecular weight is 275 g/mol. The third-order valence-electron chi connectivity index (χ3n) is 4.13. The number of hydrogen-bond donors (Lipinski definition) is 1. The first kappa shape index (κ1) is 13.6. The van der Waals surface area contributed by atoms with Gasteiger partial charge in [0.25, 0.3) is 5.91 Å². The average Bonchev–Trinajstić information content (AvgIpc) is 2.95. The van der Waals surface area contributed by atoms with Gasteiger partial charge in [0.2, 0.25) is 0 Å². The van der Waals surface area contributed by atoms with Crippen molar-refractivity contribution in [2.24, 2.45) is 0 Å². The highest BCUT2D eigenvalue weighted by Gasteiger charge is 2.36. The molecular weight excluding hydrogens is 254 g/mol. The molecule has 1 aliphatic heterocycles. The summed E-state index contributed by atoms with van der Waals surface area (Å²) in [7, 11) is 0. The minimum Gasteiger partial charge on any atom is -0.389 e. The minimum atomic E-state index is -0.521. The van der Waals surface area contributed by atoms with Gasteiger partial charge in [-0.05, 0) is 18.4 Å². The number of aliphatic hydroxyl groups excluding tert-OH is 1. The fraction of sp³-hybridized carbons (Fsp3) is 0.562. The highest BCUT2D eigenvalue weighted by atomic mass is 16.5. The highest BCUT2D eigenvalue weighted by Crippen LogP contribution is 2.30. The number of β-amino-alcohol motifs (C(OH)–C–C–N with tert-alkyl or cyclic N) is 1. The molecule has 0 aromatic heterocycles. The number of benzene rings is 1. The lowest BCUT2D eigenvalue weighted by atomic mass is 10.0. The van der Waals surface area contributed by atoms with Gasteiger partial charge in [0.15, 0.2) is 6.10 Å². The van der Waals surface area contributed by atoms with Crippen molar-refractivity contribution in [2.75, 3.05) is 13.1 Å². The molecule has 108 valence electrons. The Morgan fingerprint density at radius 2 is 1.85 bits per heavy atom. The van der Waals surface area contributed by atoms with Crippen molar-refractivity contribution in [2.45, 2.75) is 44.0 Å². The van der Waals surface area contributed by atoms with Crippen LogP contribution in [0, 0.1) is 0 Å². The van der Waals surface area contributed by atoms with Crippen LogP contribution in [-0.2, 0) is 9.53 Å². The predicted octanol–water partition coefficient (Wildman–Crippen LogP) is 1.89. The predicted molar refractivity (Wildman–Crippen MR) is 75.1 cm³/mol. The SMILES string of the molecule is O=C(C(OC1CCCC1)c1ccccc1)N1CC(O)C1. The van der Waals surface area contributed by atoms with Gasteiger partial charge in [-0.15, -0.1) is 0 Å². The zero-order chi connectivity index (χ0) is 13.9. The van der Waals surface area contributed by atoms with Gasteiger partial charge in [0.05, 0.1) is 12.2 Å². The Hall–Kier alpha value is -1.39. The Balaban J connectivity index is 1.74. The second-order valence-corrected chi connectivity index (χ2v) is 5.73. The number of carbonyl (C=O) groups excluding carboxylic acids is 1. The number of carbonyl (C=O) groups is 1. The standard InChI is InChI=1S/C16H21NO3/c18-13-10-17(11-13)16(19)15(12-6-2-1-3-7-12)20-14-8-4-5-9-14/h1-3,6-7,13-15,18H,4-5,8-11H2. The van der Waals surface area contributed by atoms with Crippen LogP contribution in [0.15, 0.2) is 30.3 Å². The van der Waals surface area contributed by atoms with Crippen LogP contribution in [0.2, 0.25) is 0 Å². The quantitative estimate of drug-likeness (QED) is 0.913. The smallest absolute Gasteiger partial charge is 0.256 e. The van der Waals surface area contributed by atoms with E-state index in [1.807, 2.05) is 30.3 Å². The molecule has 1 heterocycles. The number of ether oxygens (including phenoxy) is 1. The maximum absolute atomic E-state index is 12.5. The molecule has 20 heavy (non-hydrogen) atoms. The van der Waals surface area contributed by atoms with Crippen LogP contribution >= 0.6 is 0 Å². The van der Waals surface area contributed by atoms with Crippen molar-refractivity contribution in [3.8, 4) is 0 Å². The van der Waals surface area contributed by atoms with Gasteiger partial charge in [-0.2, -0.15) is 0 Å². The summed E-state index contributed by atoms with van der Waals surface area (Å²) in [6.45, 7) is 0.854. The number of aliphatic hydroxyl groups is 1. The van der Waals surface area contributed by atoms with Crippen LogP contribution in [0.5, 0.6) is 0 Å². The van der Waals surface area contributed by atoms with Crippen molar-refractivity contribution in [1.29, 1.82) is 0 Å². The van der Waals surface area contributed by atoms with E-state index in [0.29, 0.717) is 13.1 Å². The van der Waals surface area contributed by atoms with Crippen molar-refractivity contribution in [1.82, 2.24) is 4.90 Å². The Bertz CT molecular complexity index is 450. The second-order valence-electron chi connectivity index (χ2n) is 5.73. The number of hydrogen-bond acceptors (Lipinski definition) is 3. The molecule has 2 fully saturated rings. The molecule has 1 saturated carbocycles. The molecule has 4 heteroatoms. The Morgan fingerprint density at radius 3 is 2.45 bits per heavy atom. The van der Waals surface area contributed by atoms with Gasteiger partial charge in [-0.3, -0.25) is 4.79 Å². The summed E-state index contributed by atoms with van der Waals surface area (Å²) in [4.78, 5) is 14.2. The lowest BCUT2D eigenvalue weighted by molar-refractivity contribution is -0.158. The van der Waals surface area contributed by atoms with Gasteiger partial charge in [0, 0.05) is 13.1 Å². The van der Waals surface area contributed by atoms with Crippen LogP contribution in [-0.4, -0.2) is 41.2 Å². The van der Waals surface area contributed by atoms with E-state index in [0.717, 1.165) is 18.4 Å². The van der Waals surface area contributed by atoms with Crippen LogP contribution in [0.1, 0.15) is 37.4 Å². The van der Waals surface area contributed by atoms with E-state index in [4.69, 9.17) is 4.74 Å². The van der Waals surface area contributed by atoms with Crippen molar-refractivity contribution in [3.63, 3.8) is 0 Å². The third-order valence-corrected chi connectivity index (χ3v) is 4.13. The second kappa shape index (κ2) is 5.94. The van der Waals surface area contributed by atoms with Crippen LogP contribution in [0.3, 0.4) is 0 Å². The summed E-state index contributed by atoms with van der Waals surface area (Å²) in [5, 5.41) is 9.37. The maximum atomic E-state index is 12.5. The topological polar surface area (TPSA) is 49.8 Å². The van der Waals surface area contributed by atoms with Gasteiger partial charge in [-0.25, -0.2) is 0 Å². The molecule has 0 bridgehead atoms. The molecular formula is C16H21NO3. The summed E-state index contributed by atoms with van der Waals surface area (Å²) in [5.41, 5.74) is 0.908. The molecule has 1 unspecified atom stereocenters. The Kier molecular flexibility index (Phi) is 4.03. The number of likely N-dealkylation sites (tertiary alicyclic amines) is 1. The molecule has 1 aromatic rings. The van der Waals surface area contributed by atoms with E-state index >= 15 is 0 Å². The fourth-order valence-corrected chi connectivity index (χ4v) is 2.93. The van der Waals surface area contributed by atoms with Gasteiger partial charge >= 0.3 is 0 Å². The lowest BCUT2D eigenvalue weighted by Crippen LogP contribution is -2.55. The monoisotopic (exact) mass is 275 g/mol. The summed E-state index contributed by atoms with van der Waals surface area (Å²) in [6, 6.07) is 9.67. The fourth-order valence-electron chi connectivity index (χ4n) is 2.93. The zero-order valence-corrected chi connectivity index (χ0v) is 11.6. The Morgan fingerprint density at radius 1 is 1.20 bits per heavy atom. The van der Waals surface area contributed by atoms with Crippen molar-refractivity contribution in [3.05, 3.63) is 35.9 Å². The minimum absolute atomic E-state index is 0.0200. The van der Waals surface area contributed by atoms with Crippen molar-refractivity contribution >= 4 is 5.91 Å². The van der Waals surface area contributed by atoms with E-state index in [2.05, 4.69) is 0 Å². The number of rotatable bonds is 4. The first-order valence-electron chi connectivity index (χ1n) is 7.41. The molecule has 1 amide bonds. The highest BCUT2D eigenvalue weighted by molar-refractivity contribution is 5.83. The number of amides is 1. The molecule has 1 aromatic carbocycles. The molecule has 1 aliphatic carbocycles. The largest absolute Gasteiger partial charge is 0.389 e. The molecule has 3 rings (SSSR count). The van der Waals surface area contributed by atoms with Gasteiger partial charge in [0.1, 0.15) is 0 Å². The molecule has 1 saturated heterocycles. The van der Waals surface area contributed by atoms with Crippen LogP contribution in [0.25, 0.3) is 0 Å². The van der Waals surface area contributed by atoms with E-state index < -0.39 is 6.10 Å². The van der Waals surface area contributed by atoms with Crippen LogP contribution in [0.4, 0.5) is 0 Å². The Labute approximate surface area is 119 Å². The summed E-state index contributed by atoms with van der Waals surface area (Å²) in [6.07, 6.45) is 3.74. The first-order chi connectivity index (χ1) is 9.74. The lowest BCUT2D eigenvalue weighted by Gasteiger charge is -2.38. The van der Waals surface area contributed by atoms with E-state index in [9.17, 15) is 9.90 Å². The maximum Gasteiger partial charge on any atom is 0.256 e. The molecule has 2 aliphatic rings. The van der Waals surface area contributed by atoms with E-state index in [1.165, 1.54) is 12.8 Å². The molecule has 0 radical (unpaired) electrons. The zero-order valence-electron chi connectivity index (χ0n) is 11.6. The van der Waals surface area contributed by atoms with E-state index in [1.54, 1.807) is 4.90 Å². The molecule has 4 nitrogen and oxygen atoms in total. The molecule has 1 atom stereocenters. The van der Waals surface area contributed by atoms with Gasteiger partial charge < -0.3 is 14.7 Å². The molecule has 0 spiro atoms. The normalized spacial score (nSPS) is 21.8. The molecule has 1 N–H and O–H groups in total. The summed E-state index contributed by atoms with van der Waals surface area (Å²) < 4.78 is 6.08. The van der Waals surface area contributed by atoms with Gasteiger partial charge in [-0.1, -0.05) is 43.2 Å². The van der Waals surface area contributed by atoms with E-state index in [-0.39, 0.29) is 18.1 Å². The number of nitrogens with zero attached hydrogens (tertiary/aromatic N) is 1. The van der Waals surface area contributed by atoms with Crippen molar-refractivity contribution < 1.29 is 14.6 Å².